The minimum Gasteiger partial charge on any atom is -0.386 e. The topological polar surface area (TPSA) is 69.2 Å². The van der Waals surface area contributed by atoms with Gasteiger partial charge in [-0.2, -0.15) is 0 Å². The molecule has 0 fully saturated rings. The highest BCUT2D eigenvalue weighted by Crippen LogP contribution is 2.14. The smallest absolute Gasteiger partial charge is 0.346 e. The standard InChI is InChI=1S/C30H24N2O3/c1-21-6-3-10-27(31-21)18-14-23-12-16-25(17-13-23)29(33)35-30(34)26-9-5-8-24(20-26)15-19-28-11-4-7-22(2)32-28/h3-20H,1-2H3. The van der Waals surface area contributed by atoms with Gasteiger partial charge < -0.3 is 4.74 Å². The molecule has 2 aromatic carbocycles. The summed E-state index contributed by atoms with van der Waals surface area (Å²) in [6.07, 6.45) is 7.54. The van der Waals surface area contributed by atoms with E-state index in [0.29, 0.717) is 11.1 Å². The average molecular weight is 461 g/mol. The van der Waals surface area contributed by atoms with Gasteiger partial charge in [-0.15, -0.1) is 0 Å². The van der Waals surface area contributed by atoms with Gasteiger partial charge in [0.15, 0.2) is 0 Å². The maximum Gasteiger partial charge on any atom is 0.346 e. The lowest BCUT2D eigenvalue weighted by atomic mass is 10.1. The predicted molar refractivity (Wildman–Crippen MR) is 138 cm³/mol. The Hall–Kier alpha value is -4.64. The van der Waals surface area contributed by atoms with Crippen LogP contribution < -0.4 is 0 Å². The fraction of sp³-hybridized carbons (Fsp3) is 0.0667. The van der Waals surface area contributed by atoms with Crippen molar-refractivity contribution in [3.63, 3.8) is 0 Å². The Kier molecular flexibility index (Phi) is 7.38. The van der Waals surface area contributed by atoms with Gasteiger partial charge in [0, 0.05) is 11.4 Å². The van der Waals surface area contributed by atoms with Crippen LogP contribution in [0.25, 0.3) is 24.3 Å². The Bertz CT molecular complexity index is 1420. The number of rotatable bonds is 6. The zero-order chi connectivity index (χ0) is 24.6. The largest absolute Gasteiger partial charge is 0.386 e. The summed E-state index contributed by atoms with van der Waals surface area (Å²) in [6, 6.07) is 25.3. The second-order valence-electron chi connectivity index (χ2n) is 8.00. The summed E-state index contributed by atoms with van der Waals surface area (Å²) in [5.41, 5.74) is 5.84. The summed E-state index contributed by atoms with van der Waals surface area (Å²) < 4.78 is 5.10. The first-order chi connectivity index (χ1) is 17.0. The molecule has 0 aliphatic heterocycles. The molecule has 2 heterocycles. The SMILES string of the molecule is Cc1cccc(C=Cc2ccc(C(=O)OC(=O)c3cccc(C=Cc4cccc(C)n4)c3)cc2)n1. The van der Waals surface area contributed by atoms with Crippen molar-refractivity contribution in [3.8, 4) is 0 Å². The Morgan fingerprint density at radius 1 is 0.600 bits per heavy atom. The van der Waals surface area contributed by atoms with Crippen molar-refractivity contribution in [2.75, 3.05) is 0 Å². The number of hydrogen-bond acceptors (Lipinski definition) is 5. The Balaban J connectivity index is 1.39. The van der Waals surface area contributed by atoms with Gasteiger partial charge in [-0.05, 0) is 85.7 Å². The number of aryl methyl sites for hydroxylation is 2. The molecular weight excluding hydrogens is 436 g/mol. The number of nitrogens with zero attached hydrogens (tertiary/aromatic N) is 2. The molecule has 4 rings (SSSR count). The maximum absolute atomic E-state index is 12.6. The summed E-state index contributed by atoms with van der Waals surface area (Å²) in [5, 5.41) is 0. The minimum atomic E-state index is -0.701. The Morgan fingerprint density at radius 3 is 1.74 bits per heavy atom. The number of carbonyl (C=O) groups is 2. The molecule has 35 heavy (non-hydrogen) atoms. The normalized spacial score (nSPS) is 11.1. The second kappa shape index (κ2) is 11.0. The molecule has 0 saturated heterocycles. The zero-order valence-electron chi connectivity index (χ0n) is 19.5. The van der Waals surface area contributed by atoms with E-state index in [2.05, 4.69) is 9.97 Å². The summed E-state index contributed by atoms with van der Waals surface area (Å²) >= 11 is 0. The maximum atomic E-state index is 12.6. The first-order valence-corrected chi connectivity index (χ1v) is 11.2. The third-order valence-electron chi connectivity index (χ3n) is 5.17. The Morgan fingerprint density at radius 2 is 1.14 bits per heavy atom. The fourth-order valence-electron chi connectivity index (χ4n) is 3.38. The molecule has 0 unspecified atom stereocenters. The van der Waals surface area contributed by atoms with Crippen molar-refractivity contribution in [1.82, 2.24) is 9.97 Å². The van der Waals surface area contributed by atoms with Crippen LogP contribution in [-0.4, -0.2) is 21.9 Å². The molecule has 0 aliphatic rings. The number of benzene rings is 2. The van der Waals surface area contributed by atoms with Crippen LogP contribution in [0.1, 0.15) is 54.6 Å². The zero-order valence-corrected chi connectivity index (χ0v) is 19.5. The van der Waals surface area contributed by atoms with Gasteiger partial charge in [0.1, 0.15) is 0 Å². The number of esters is 2. The van der Waals surface area contributed by atoms with Crippen LogP contribution in [0.3, 0.4) is 0 Å². The van der Waals surface area contributed by atoms with Crippen molar-refractivity contribution in [1.29, 1.82) is 0 Å². The van der Waals surface area contributed by atoms with E-state index in [-0.39, 0.29) is 0 Å². The number of aromatic nitrogens is 2. The van der Waals surface area contributed by atoms with Crippen LogP contribution in [0.15, 0.2) is 84.9 Å². The third kappa shape index (κ3) is 6.68. The highest BCUT2D eigenvalue weighted by molar-refractivity contribution is 6.03. The quantitative estimate of drug-likeness (QED) is 0.245. The van der Waals surface area contributed by atoms with Crippen molar-refractivity contribution < 1.29 is 14.3 Å². The number of ether oxygens (including phenoxy) is 1. The van der Waals surface area contributed by atoms with E-state index >= 15 is 0 Å². The van der Waals surface area contributed by atoms with E-state index < -0.39 is 11.9 Å². The number of hydrogen-bond donors (Lipinski definition) is 0. The molecular formula is C30H24N2O3. The monoisotopic (exact) mass is 460 g/mol. The minimum absolute atomic E-state index is 0.294. The van der Waals surface area contributed by atoms with Gasteiger partial charge in [-0.1, -0.05) is 48.6 Å². The first kappa shape index (κ1) is 23.5. The Labute approximate surface area is 204 Å². The first-order valence-electron chi connectivity index (χ1n) is 11.2. The van der Waals surface area contributed by atoms with E-state index in [1.165, 1.54) is 0 Å². The van der Waals surface area contributed by atoms with Crippen molar-refractivity contribution in [2.45, 2.75) is 13.8 Å². The molecule has 4 aromatic rings. The van der Waals surface area contributed by atoms with Crippen LogP contribution in [0.4, 0.5) is 0 Å². The van der Waals surface area contributed by atoms with Gasteiger partial charge in [-0.3, -0.25) is 9.97 Å². The molecule has 0 N–H and O–H groups in total. The van der Waals surface area contributed by atoms with Crippen LogP contribution in [0, 0.1) is 13.8 Å². The number of carbonyl (C=O) groups excluding carboxylic acids is 2. The van der Waals surface area contributed by atoms with Crippen LogP contribution >= 0.6 is 0 Å². The molecule has 2 aromatic heterocycles. The average Bonchev–Trinajstić information content (AvgIpc) is 2.87. The number of pyridine rings is 2. The lowest BCUT2D eigenvalue weighted by Crippen LogP contribution is -2.12. The van der Waals surface area contributed by atoms with E-state index in [1.54, 1.807) is 42.5 Å². The summed E-state index contributed by atoms with van der Waals surface area (Å²) in [6.45, 7) is 3.87. The fourth-order valence-corrected chi connectivity index (χ4v) is 3.38. The molecule has 0 spiro atoms. The summed E-state index contributed by atoms with van der Waals surface area (Å²) in [7, 11) is 0. The van der Waals surface area contributed by atoms with Crippen LogP contribution in [0.5, 0.6) is 0 Å². The summed E-state index contributed by atoms with van der Waals surface area (Å²) in [4.78, 5) is 33.9. The van der Waals surface area contributed by atoms with Gasteiger partial charge in [-0.25, -0.2) is 9.59 Å². The molecule has 0 bridgehead atoms. The lowest BCUT2D eigenvalue weighted by molar-refractivity contribution is 0.0397. The van der Waals surface area contributed by atoms with E-state index in [0.717, 1.165) is 33.9 Å². The lowest BCUT2D eigenvalue weighted by Gasteiger charge is -2.05. The predicted octanol–water partition coefficient (Wildman–Crippen LogP) is 6.43. The van der Waals surface area contributed by atoms with Crippen LogP contribution in [-0.2, 0) is 4.74 Å². The molecule has 5 nitrogen and oxygen atoms in total. The van der Waals surface area contributed by atoms with E-state index in [1.807, 2.05) is 80.6 Å². The highest BCUT2D eigenvalue weighted by Gasteiger charge is 2.15. The highest BCUT2D eigenvalue weighted by atomic mass is 16.6. The second-order valence-corrected chi connectivity index (χ2v) is 8.00. The third-order valence-corrected chi connectivity index (χ3v) is 5.17. The molecule has 172 valence electrons. The van der Waals surface area contributed by atoms with E-state index in [4.69, 9.17) is 4.74 Å². The van der Waals surface area contributed by atoms with Gasteiger partial charge >= 0.3 is 11.9 Å². The van der Waals surface area contributed by atoms with Gasteiger partial charge in [0.25, 0.3) is 0 Å². The van der Waals surface area contributed by atoms with Crippen LogP contribution in [0.2, 0.25) is 0 Å². The van der Waals surface area contributed by atoms with Gasteiger partial charge in [0.2, 0.25) is 0 Å². The van der Waals surface area contributed by atoms with Crippen molar-refractivity contribution in [2.24, 2.45) is 0 Å². The molecule has 0 aliphatic carbocycles. The molecule has 0 amide bonds. The molecule has 0 saturated carbocycles. The molecule has 5 heteroatoms. The molecule has 0 radical (unpaired) electrons. The summed E-state index contributed by atoms with van der Waals surface area (Å²) in [5.74, 6) is -1.40. The molecule has 0 atom stereocenters. The van der Waals surface area contributed by atoms with Crippen molar-refractivity contribution >= 4 is 36.2 Å². The van der Waals surface area contributed by atoms with Gasteiger partial charge in [0.05, 0.1) is 22.5 Å². The van der Waals surface area contributed by atoms with Crippen molar-refractivity contribution in [3.05, 3.63) is 130 Å². The van der Waals surface area contributed by atoms with E-state index in [9.17, 15) is 9.59 Å².